The Hall–Kier alpha value is -2.39. The minimum atomic E-state index is -2.09. The highest BCUT2D eigenvalue weighted by atomic mass is 28.4. The van der Waals surface area contributed by atoms with E-state index in [1.807, 2.05) is 30.3 Å². The zero-order valence-electron chi connectivity index (χ0n) is 20.8. The van der Waals surface area contributed by atoms with Gasteiger partial charge in [0.1, 0.15) is 6.61 Å². The molecule has 0 bridgehead atoms. The number of rotatable bonds is 8. The second-order valence-electron chi connectivity index (χ2n) is 9.92. The molecule has 2 unspecified atom stereocenters. The molecule has 0 aromatic heterocycles. The summed E-state index contributed by atoms with van der Waals surface area (Å²) in [6.07, 6.45) is -0.135. The Bertz CT molecular complexity index is 806. The molecule has 0 aliphatic carbocycles. The van der Waals surface area contributed by atoms with Gasteiger partial charge < -0.3 is 23.5 Å². The number of carbonyl (C=O) groups excluding carboxylic acids is 3. The molecule has 9 heteroatoms. The molecule has 0 N–H and O–H groups in total. The lowest BCUT2D eigenvalue weighted by Gasteiger charge is -2.38. The van der Waals surface area contributed by atoms with Gasteiger partial charge in [0, 0.05) is 12.6 Å². The van der Waals surface area contributed by atoms with Crippen molar-refractivity contribution in [3.05, 3.63) is 35.9 Å². The first-order valence-electron chi connectivity index (χ1n) is 11.2. The Morgan fingerprint density at radius 1 is 1.06 bits per heavy atom. The molecule has 1 aliphatic heterocycles. The molecule has 0 radical (unpaired) electrons. The Balaban J connectivity index is 2.20. The molecule has 1 fully saturated rings. The lowest BCUT2D eigenvalue weighted by Crippen LogP contribution is -2.45. The van der Waals surface area contributed by atoms with Crippen LogP contribution in [0.3, 0.4) is 0 Å². The van der Waals surface area contributed by atoms with Crippen LogP contribution in [0.1, 0.15) is 39.2 Å². The summed E-state index contributed by atoms with van der Waals surface area (Å²) in [4.78, 5) is 39.1. The number of hydrogen-bond donors (Lipinski definition) is 0. The molecule has 2 atom stereocenters. The fourth-order valence-electron chi connectivity index (χ4n) is 3.65. The Morgan fingerprint density at radius 2 is 1.64 bits per heavy atom. The van der Waals surface area contributed by atoms with Gasteiger partial charge in [-0.2, -0.15) is 0 Å². The summed E-state index contributed by atoms with van der Waals surface area (Å²) < 4.78 is 21.7. The van der Waals surface area contributed by atoms with E-state index in [4.69, 9.17) is 18.6 Å². The highest BCUT2D eigenvalue weighted by Crippen LogP contribution is 2.39. The Labute approximate surface area is 197 Å². The highest BCUT2D eigenvalue weighted by Gasteiger charge is 2.46. The summed E-state index contributed by atoms with van der Waals surface area (Å²) in [6, 6.07) is 8.98. The molecule has 0 spiro atoms. The van der Waals surface area contributed by atoms with Crippen LogP contribution < -0.4 is 0 Å². The first-order valence-corrected chi connectivity index (χ1v) is 14.1. The van der Waals surface area contributed by atoms with Crippen molar-refractivity contribution in [2.45, 2.75) is 70.5 Å². The van der Waals surface area contributed by atoms with Gasteiger partial charge in [0.05, 0.1) is 20.3 Å². The zero-order chi connectivity index (χ0) is 24.8. The number of hydrogen-bond acceptors (Lipinski definition) is 7. The van der Waals surface area contributed by atoms with Gasteiger partial charge >= 0.3 is 18.0 Å². The summed E-state index contributed by atoms with van der Waals surface area (Å²) in [5.41, 5.74) is 0.873. The van der Waals surface area contributed by atoms with Crippen molar-refractivity contribution >= 4 is 26.3 Å². The summed E-state index contributed by atoms with van der Waals surface area (Å²) in [7, 11) is 0.354. The van der Waals surface area contributed by atoms with Crippen LogP contribution in [0, 0.1) is 5.92 Å². The molecule has 1 aromatic carbocycles. The molecule has 0 saturated carbocycles. The maximum atomic E-state index is 13.0. The third-order valence-electron chi connectivity index (χ3n) is 6.56. The smallest absolute Gasteiger partial charge is 0.410 e. The lowest BCUT2D eigenvalue weighted by molar-refractivity contribution is -0.159. The molecular formula is C24H37NO7Si. The number of carbonyl (C=O) groups is 3. The molecule has 184 valence electrons. The second-order valence-corrected chi connectivity index (χ2v) is 14.7. The summed E-state index contributed by atoms with van der Waals surface area (Å²) >= 11 is 0. The van der Waals surface area contributed by atoms with Gasteiger partial charge in [-0.15, -0.1) is 0 Å². The van der Waals surface area contributed by atoms with E-state index in [0.717, 1.165) is 5.56 Å². The van der Waals surface area contributed by atoms with Crippen molar-refractivity contribution in [2.24, 2.45) is 5.92 Å². The topological polar surface area (TPSA) is 91.4 Å². The number of amides is 1. The zero-order valence-corrected chi connectivity index (χ0v) is 21.8. The SMILES string of the molecule is COC(=O)C(CC1CC(O[Si](C)(C)C(C)(C)C)CN1C(=O)OCc1ccccc1)C(=O)OC. The monoisotopic (exact) mass is 479 g/mol. The van der Waals surface area contributed by atoms with Crippen molar-refractivity contribution in [3.8, 4) is 0 Å². The quantitative estimate of drug-likeness (QED) is 0.239. The van der Waals surface area contributed by atoms with E-state index in [0.29, 0.717) is 13.0 Å². The van der Waals surface area contributed by atoms with Gasteiger partial charge in [-0.25, -0.2) is 4.79 Å². The van der Waals surface area contributed by atoms with Crippen molar-refractivity contribution in [1.29, 1.82) is 0 Å². The molecule has 1 aromatic rings. The van der Waals surface area contributed by atoms with Crippen molar-refractivity contribution in [3.63, 3.8) is 0 Å². The van der Waals surface area contributed by atoms with Crippen molar-refractivity contribution < 1.29 is 33.0 Å². The van der Waals surface area contributed by atoms with Crippen LogP contribution in [0.15, 0.2) is 30.3 Å². The Kier molecular flexibility index (Phi) is 9.08. The number of ether oxygens (including phenoxy) is 3. The third-order valence-corrected chi connectivity index (χ3v) is 11.1. The summed E-state index contributed by atoms with van der Waals surface area (Å²) in [5.74, 6) is -2.50. The van der Waals surface area contributed by atoms with Gasteiger partial charge in [0.25, 0.3) is 0 Å². The van der Waals surface area contributed by atoms with Gasteiger partial charge in [-0.05, 0) is 36.5 Å². The standard InChI is InChI=1S/C24H37NO7Si/c1-24(2,3)33(6,7)32-19-13-18(14-20(21(26)29-4)22(27)30-5)25(15-19)23(28)31-16-17-11-9-8-10-12-17/h8-12,18-20H,13-16H2,1-7H3. The first-order chi connectivity index (χ1) is 15.4. The van der Waals surface area contributed by atoms with E-state index in [1.54, 1.807) is 4.90 Å². The minimum absolute atomic E-state index is 0.00427. The maximum Gasteiger partial charge on any atom is 0.410 e. The summed E-state index contributed by atoms with van der Waals surface area (Å²) in [5, 5.41) is 0.00427. The van der Waals surface area contributed by atoms with E-state index < -0.39 is 38.3 Å². The van der Waals surface area contributed by atoms with Crippen LogP contribution in [0.2, 0.25) is 18.1 Å². The van der Waals surface area contributed by atoms with Crippen molar-refractivity contribution in [1.82, 2.24) is 4.90 Å². The molecule has 1 amide bonds. The van der Waals surface area contributed by atoms with E-state index in [9.17, 15) is 14.4 Å². The van der Waals surface area contributed by atoms with Gasteiger partial charge in [0.15, 0.2) is 14.2 Å². The second kappa shape index (κ2) is 11.2. The maximum absolute atomic E-state index is 13.0. The minimum Gasteiger partial charge on any atom is -0.468 e. The van der Waals surface area contributed by atoms with Gasteiger partial charge in [0.2, 0.25) is 0 Å². The number of methoxy groups -OCH3 is 2. The molecule has 1 saturated heterocycles. The number of nitrogens with zero attached hydrogens (tertiary/aromatic N) is 1. The average Bonchev–Trinajstić information content (AvgIpc) is 3.16. The molecule has 1 heterocycles. The van der Waals surface area contributed by atoms with Crippen LogP contribution in [0.4, 0.5) is 4.79 Å². The van der Waals surface area contributed by atoms with Crippen LogP contribution in [-0.2, 0) is 34.8 Å². The fourth-order valence-corrected chi connectivity index (χ4v) is 5.00. The normalized spacial score (nSPS) is 18.8. The van der Waals surface area contributed by atoms with Gasteiger partial charge in [-0.3, -0.25) is 9.59 Å². The predicted octanol–water partition coefficient (Wildman–Crippen LogP) is 4.14. The van der Waals surface area contributed by atoms with Crippen LogP contribution in [0.5, 0.6) is 0 Å². The number of likely N-dealkylation sites (tertiary alicyclic amines) is 1. The lowest BCUT2D eigenvalue weighted by atomic mass is 9.98. The van der Waals surface area contributed by atoms with E-state index >= 15 is 0 Å². The number of esters is 2. The third kappa shape index (κ3) is 7.04. The fraction of sp³-hybridized carbons (Fsp3) is 0.625. The largest absolute Gasteiger partial charge is 0.468 e. The van der Waals surface area contributed by atoms with Crippen molar-refractivity contribution in [2.75, 3.05) is 20.8 Å². The van der Waals surface area contributed by atoms with Crippen LogP contribution in [0.25, 0.3) is 0 Å². The van der Waals surface area contributed by atoms with E-state index in [2.05, 4.69) is 33.9 Å². The predicted molar refractivity (Wildman–Crippen MR) is 126 cm³/mol. The summed E-state index contributed by atoms with van der Waals surface area (Å²) in [6.45, 7) is 11.2. The van der Waals surface area contributed by atoms with Crippen LogP contribution >= 0.6 is 0 Å². The number of benzene rings is 1. The van der Waals surface area contributed by atoms with E-state index in [-0.39, 0.29) is 24.2 Å². The molecule has 33 heavy (non-hydrogen) atoms. The molecule has 8 nitrogen and oxygen atoms in total. The first kappa shape index (κ1) is 26.9. The molecule has 2 rings (SSSR count). The average molecular weight is 480 g/mol. The molecule has 1 aliphatic rings. The highest BCUT2D eigenvalue weighted by molar-refractivity contribution is 6.74. The Morgan fingerprint density at radius 3 is 2.15 bits per heavy atom. The van der Waals surface area contributed by atoms with E-state index in [1.165, 1.54) is 14.2 Å². The van der Waals surface area contributed by atoms with Gasteiger partial charge in [-0.1, -0.05) is 51.1 Å². The van der Waals surface area contributed by atoms with Crippen LogP contribution in [-0.4, -0.2) is 64.2 Å². The molecular weight excluding hydrogens is 442 g/mol.